The van der Waals surface area contributed by atoms with E-state index in [1.807, 2.05) is 6.07 Å². The van der Waals surface area contributed by atoms with Crippen molar-refractivity contribution in [3.8, 4) is 11.3 Å². The molecule has 1 aromatic heterocycles. The first kappa shape index (κ1) is 11.8. The van der Waals surface area contributed by atoms with Crippen LogP contribution >= 0.6 is 0 Å². The molecule has 0 atom stereocenters. The molecule has 0 saturated heterocycles. The Hall–Kier alpha value is -1.68. The Kier molecular flexibility index (Phi) is 3.88. The molecule has 0 amide bonds. The molecule has 0 radical (unpaired) electrons. The highest BCUT2D eigenvalue weighted by atomic mass is 19.1. The Bertz CT molecular complexity index is 479. The van der Waals surface area contributed by atoms with E-state index in [9.17, 15) is 4.39 Å². The third kappa shape index (κ3) is 2.71. The molecule has 0 fully saturated rings. The zero-order chi connectivity index (χ0) is 12.1. The van der Waals surface area contributed by atoms with Crippen LogP contribution in [0.1, 0.15) is 18.9 Å². The predicted molar refractivity (Wildman–Crippen MR) is 66.0 cm³/mol. The number of nitrogens with zero attached hydrogens (tertiary/aromatic N) is 1. The SMILES string of the molecule is CCCNCc1cn[nH]c1-c1ccccc1F. The number of aromatic amines is 1. The van der Waals surface area contributed by atoms with Crippen LogP contribution in [-0.4, -0.2) is 16.7 Å². The summed E-state index contributed by atoms with van der Waals surface area (Å²) in [5, 5.41) is 10.1. The molecule has 90 valence electrons. The molecule has 0 bridgehead atoms. The first-order valence-electron chi connectivity index (χ1n) is 5.80. The van der Waals surface area contributed by atoms with Crippen molar-refractivity contribution in [3.63, 3.8) is 0 Å². The van der Waals surface area contributed by atoms with E-state index in [1.54, 1.807) is 18.3 Å². The van der Waals surface area contributed by atoms with Gasteiger partial charge in [-0.3, -0.25) is 5.10 Å². The van der Waals surface area contributed by atoms with Gasteiger partial charge in [-0.1, -0.05) is 19.1 Å². The Labute approximate surface area is 100 Å². The maximum absolute atomic E-state index is 13.7. The van der Waals surface area contributed by atoms with Gasteiger partial charge < -0.3 is 5.32 Å². The van der Waals surface area contributed by atoms with Crippen molar-refractivity contribution in [2.24, 2.45) is 0 Å². The monoisotopic (exact) mass is 233 g/mol. The molecule has 0 unspecified atom stereocenters. The summed E-state index contributed by atoms with van der Waals surface area (Å²) in [5.74, 6) is -0.228. The van der Waals surface area contributed by atoms with Crippen LogP contribution in [0.25, 0.3) is 11.3 Å². The van der Waals surface area contributed by atoms with Gasteiger partial charge in [-0.2, -0.15) is 5.10 Å². The van der Waals surface area contributed by atoms with Gasteiger partial charge in [0, 0.05) is 17.7 Å². The maximum atomic E-state index is 13.7. The minimum atomic E-state index is -0.228. The van der Waals surface area contributed by atoms with Crippen LogP contribution in [0.15, 0.2) is 30.5 Å². The molecule has 2 aromatic rings. The molecule has 1 heterocycles. The maximum Gasteiger partial charge on any atom is 0.132 e. The highest BCUT2D eigenvalue weighted by Crippen LogP contribution is 2.23. The fourth-order valence-electron chi connectivity index (χ4n) is 1.74. The van der Waals surface area contributed by atoms with Gasteiger partial charge >= 0.3 is 0 Å². The summed E-state index contributed by atoms with van der Waals surface area (Å²) >= 11 is 0. The summed E-state index contributed by atoms with van der Waals surface area (Å²) in [6.45, 7) is 3.76. The number of hydrogen-bond donors (Lipinski definition) is 2. The number of H-pyrrole nitrogens is 1. The van der Waals surface area contributed by atoms with Crippen LogP contribution in [-0.2, 0) is 6.54 Å². The third-order valence-corrected chi connectivity index (χ3v) is 2.60. The normalized spacial score (nSPS) is 10.7. The third-order valence-electron chi connectivity index (χ3n) is 2.60. The summed E-state index contributed by atoms with van der Waals surface area (Å²) in [5.41, 5.74) is 2.31. The van der Waals surface area contributed by atoms with E-state index in [4.69, 9.17) is 0 Å². The summed E-state index contributed by atoms with van der Waals surface area (Å²) in [6.07, 6.45) is 2.82. The number of hydrogen-bond acceptors (Lipinski definition) is 2. The molecular weight excluding hydrogens is 217 g/mol. The zero-order valence-electron chi connectivity index (χ0n) is 9.83. The van der Waals surface area contributed by atoms with Gasteiger partial charge in [0.05, 0.1) is 11.9 Å². The molecular formula is C13H16FN3. The second-order valence-electron chi connectivity index (χ2n) is 3.93. The van der Waals surface area contributed by atoms with Crippen molar-refractivity contribution < 1.29 is 4.39 Å². The van der Waals surface area contributed by atoms with E-state index >= 15 is 0 Å². The second-order valence-corrected chi connectivity index (χ2v) is 3.93. The molecule has 2 N–H and O–H groups in total. The Morgan fingerprint density at radius 2 is 2.18 bits per heavy atom. The lowest BCUT2D eigenvalue weighted by molar-refractivity contribution is 0.629. The standard InChI is InChI=1S/C13H16FN3/c1-2-7-15-8-10-9-16-17-13(10)11-5-3-4-6-12(11)14/h3-6,9,15H,2,7-8H2,1H3,(H,16,17). The largest absolute Gasteiger partial charge is 0.313 e. The molecule has 17 heavy (non-hydrogen) atoms. The van der Waals surface area contributed by atoms with E-state index in [0.29, 0.717) is 12.1 Å². The number of nitrogens with one attached hydrogen (secondary N) is 2. The van der Waals surface area contributed by atoms with Crippen molar-refractivity contribution >= 4 is 0 Å². The summed E-state index contributed by atoms with van der Waals surface area (Å²) in [6, 6.07) is 6.72. The second kappa shape index (κ2) is 5.59. The fraction of sp³-hybridized carbons (Fsp3) is 0.308. The lowest BCUT2D eigenvalue weighted by Gasteiger charge is -2.05. The molecule has 0 saturated carbocycles. The van der Waals surface area contributed by atoms with Gasteiger partial charge in [-0.25, -0.2) is 4.39 Å². The van der Waals surface area contributed by atoms with E-state index in [0.717, 1.165) is 24.2 Å². The topological polar surface area (TPSA) is 40.7 Å². The fourth-order valence-corrected chi connectivity index (χ4v) is 1.74. The van der Waals surface area contributed by atoms with E-state index in [-0.39, 0.29) is 5.82 Å². The number of benzene rings is 1. The molecule has 0 aliphatic rings. The van der Waals surface area contributed by atoms with Crippen LogP contribution in [0.4, 0.5) is 4.39 Å². The number of rotatable bonds is 5. The van der Waals surface area contributed by atoms with E-state index in [2.05, 4.69) is 22.4 Å². The van der Waals surface area contributed by atoms with Crippen molar-refractivity contribution in [2.45, 2.75) is 19.9 Å². The summed E-state index contributed by atoms with van der Waals surface area (Å²) in [7, 11) is 0. The van der Waals surface area contributed by atoms with Crippen LogP contribution < -0.4 is 5.32 Å². The summed E-state index contributed by atoms with van der Waals surface area (Å²) < 4.78 is 13.7. The van der Waals surface area contributed by atoms with Gasteiger partial charge in [0.15, 0.2) is 0 Å². The van der Waals surface area contributed by atoms with Gasteiger partial charge in [0.25, 0.3) is 0 Å². The Balaban J connectivity index is 2.22. The zero-order valence-corrected chi connectivity index (χ0v) is 9.83. The quantitative estimate of drug-likeness (QED) is 0.779. The van der Waals surface area contributed by atoms with Crippen molar-refractivity contribution in [2.75, 3.05) is 6.54 Å². The van der Waals surface area contributed by atoms with Crippen LogP contribution in [0.5, 0.6) is 0 Å². The average Bonchev–Trinajstić information content (AvgIpc) is 2.78. The molecule has 4 heteroatoms. The lowest BCUT2D eigenvalue weighted by atomic mass is 10.1. The van der Waals surface area contributed by atoms with Crippen LogP contribution in [0.2, 0.25) is 0 Å². The van der Waals surface area contributed by atoms with Gasteiger partial charge in [0.2, 0.25) is 0 Å². The average molecular weight is 233 g/mol. The van der Waals surface area contributed by atoms with Gasteiger partial charge in [0.1, 0.15) is 5.82 Å². The van der Waals surface area contributed by atoms with Crippen molar-refractivity contribution in [1.82, 2.24) is 15.5 Å². The van der Waals surface area contributed by atoms with Gasteiger partial charge in [-0.15, -0.1) is 0 Å². The first-order valence-corrected chi connectivity index (χ1v) is 5.80. The van der Waals surface area contributed by atoms with Crippen LogP contribution in [0, 0.1) is 5.82 Å². The first-order chi connectivity index (χ1) is 8.33. The summed E-state index contributed by atoms with van der Waals surface area (Å²) in [4.78, 5) is 0. The molecule has 2 rings (SSSR count). The molecule has 0 spiro atoms. The number of halogens is 1. The van der Waals surface area contributed by atoms with E-state index in [1.165, 1.54) is 6.07 Å². The van der Waals surface area contributed by atoms with E-state index < -0.39 is 0 Å². The van der Waals surface area contributed by atoms with Gasteiger partial charge in [-0.05, 0) is 25.1 Å². The molecule has 0 aliphatic heterocycles. The smallest absolute Gasteiger partial charge is 0.132 e. The molecule has 3 nitrogen and oxygen atoms in total. The minimum absolute atomic E-state index is 0.228. The Morgan fingerprint density at radius 1 is 1.35 bits per heavy atom. The molecule has 0 aliphatic carbocycles. The Morgan fingerprint density at radius 3 is 2.94 bits per heavy atom. The van der Waals surface area contributed by atoms with Crippen molar-refractivity contribution in [1.29, 1.82) is 0 Å². The lowest BCUT2D eigenvalue weighted by Crippen LogP contribution is -2.13. The van der Waals surface area contributed by atoms with Crippen LogP contribution in [0.3, 0.4) is 0 Å². The molecule has 1 aromatic carbocycles. The minimum Gasteiger partial charge on any atom is -0.313 e. The van der Waals surface area contributed by atoms with Crippen molar-refractivity contribution in [3.05, 3.63) is 41.8 Å². The number of aromatic nitrogens is 2. The predicted octanol–water partition coefficient (Wildman–Crippen LogP) is 2.72. The highest BCUT2D eigenvalue weighted by molar-refractivity contribution is 5.63. The highest BCUT2D eigenvalue weighted by Gasteiger charge is 2.10.